The Morgan fingerprint density at radius 2 is 1.28 bits per heavy atom. The summed E-state index contributed by atoms with van der Waals surface area (Å²) in [5.41, 5.74) is 0.808. The molecule has 4 aromatic rings. The van der Waals surface area contributed by atoms with Gasteiger partial charge in [0.15, 0.2) is 34.8 Å². The number of rotatable bonds is 6. The molecule has 2 aliphatic rings. The molecule has 5 atom stereocenters. The molecule has 0 N–H and O–H groups in total. The molecule has 230 valence electrons. The monoisotopic (exact) mass is 654 g/mol. The highest BCUT2D eigenvalue weighted by Gasteiger charge is 2.40. The van der Waals surface area contributed by atoms with E-state index in [1.54, 1.807) is 6.07 Å². The Kier molecular flexibility index (Phi) is 8.39. The van der Waals surface area contributed by atoms with Gasteiger partial charge >= 0.3 is 11.5 Å². The van der Waals surface area contributed by atoms with Crippen LogP contribution < -0.4 is 0 Å². The molecule has 43 heavy (non-hydrogen) atoms. The van der Waals surface area contributed by atoms with Crippen molar-refractivity contribution in [2.24, 2.45) is 0 Å². The molecule has 4 heterocycles. The number of fused-ring (bicyclic) bond motifs is 2. The molecule has 19 heteroatoms. The smallest absolute Gasteiger partial charge is 0.245 e. The van der Waals surface area contributed by atoms with E-state index in [0.717, 1.165) is 15.4 Å². The van der Waals surface area contributed by atoms with Crippen LogP contribution in [0.2, 0.25) is 0 Å². The first-order valence-electron chi connectivity index (χ1n) is 12.2. The third-order valence-corrected chi connectivity index (χ3v) is 8.59. The first-order valence-corrected chi connectivity index (χ1v) is 15.0. The second-order valence-corrected chi connectivity index (χ2v) is 12.4. The summed E-state index contributed by atoms with van der Waals surface area (Å²) in [6.45, 7) is 0. The predicted molar refractivity (Wildman–Crippen MR) is 132 cm³/mol. The summed E-state index contributed by atoms with van der Waals surface area (Å²) in [7, 11) is -7.71. The molecule has 2 aromatic carbocycles. The molecule has 2 aromatic heterocycles. The Balaban J connectivity index is 0.000000171. The highest BCUT2D eigenvalue weighted by molar-refractivity contribution is 7.91. The fourth-order valence-electron chi connectivity index (χ4n) is 4.67. The summed E-state index contributed by atoms with van der Waals surface area (Å²) in [6, 6.07) is 9.32. The van der Waals surface area contributed by atoms with Crippen LogP contribution in [0.4, 0.5) is 35.1 Å². The molecule has 0 saturated heterocycles. The molecule has 0 fully saturated rings. The lowest BCUT2D eigenvalue weighted by molar-refractivity contribution is 0.233. The molecule has 1 unspecified atom stereocenters. The van der Waals surface area contributed by atoms with E-state index in [9.17, 15) is 47.8 Å². The number of halogens is 8. The van der Waals surface area contributed by atoms with Crippen molar-refractivity contribution < 1.29 is 47.8 Å². The highest BCUT2D eigenvalue weighted by atomic mass is 32.2. The maximum absolute atomic E-state index is 14.0. The lowest BCUT2D eigenvalue weighted by Crippen LogP contribution is -2.15. The zero-order valence-corrected chi connectivity index (χ0v) is 22.9. The number of aromatic nitrogens is 6. The van der Waals surface area contributed by atoms with E-state index >= 15 is 0 Å². The van der Waals surface area contributed by atoms with Crippen LogP contribution in [0.25, 0.3) is 0 Å². The zero-order chi connectivity index (χ0) is 31.2. The summed E-state index contributed by atoms with van der Waals surface area (Å²) < 4.78 is 140. The SMILES string of the molecule is O=S(=O)(c1nc2n(n1)[C@H](c1cccc(F)c1)C[C@@H]2F)C(F)F.O=S(c1nc2n(n1)[C@H](c1cccc(F)c1)C[C@@H]2F)C(F)F. The summed E-state index contributed by atoms with van der Waals surface area (Å²) >= 11 is 0. The molecule has 2 aliphatic heterocycles. The van der Waals surface area contributed by atoms with Gasteiger partial charge in [-0.3, -0.25) is 0 Å². The maximum Gasteiger partial charge on any atom is 0.344 e. The summed E-state index contributed by atoms with van der Waals surface area (Å²) in [5, 5.41) is 5.48. The number of sulfone groups is 1. The molecule has 0 radical (unpaired) electrons. The second-order valence-electron chi connectivity index (χ2n) is 9.31. The van der Waals surface area contributed by atoms with Crippen LogP contribution in [0.5, 0.6) is 0 Å². The quantitative estimate of drug-likeness (QED) is 0.264. The first kappa shape index (κ1) is 30.7. The van der Waals surface area contributed by atoms with Gasteiger partial charge in [0, 0.05) is 12.8 Å². The van der Waals surface area contributed by atoms with Crippen molar-refractivity contribution in [3.8, 4) is 0 Å². The van der Waals surface area contributed by atoms with Crippen molar-refractivity contribution in [1.82, 2.24) is 29.5 Å². The standard InChI is InChI=1S/C12H9F4N3O2S.C12H9F4N3OS/c13-7-3-1-2-6(4-7)9-5-8(14)10-17-12(18-19(9)10)22(20,21)11(15)16;13-7-3-1-2-6(4-7)9-5-8(14)10-17-12(18-19(9)10)21(20)11(15)16/h1-4,8-9,11H,5H2;1-4,8-9,11H,5H2/t8-,9-;8-,9-,21?/m00/s1. The fourth-order valence-corrected chi connectivity index (χ4v) is 5.76. The van der Waals surface area contributed by atoms with Gasteiger partial charge in [-0.05, 0) is 35.4 Å². The maximum atomic E-state index is 14.0. The molecule has 6 rings (SSSR count). The third kappa shape index (κ3) is 5.91. The van der Waals surface area contributed by atoms with Crippen molar-refractivity contribution in [3.05, 3.63) is 82.9 Å². The third-order valence-electron chi connectivity index (χ3n) is 6.59. The van der Waals surface area contributed by atoms with E-state index in [2.05, 4.69) is 20.2 Å². The second kappa shape index (κ2) is 11.7. The largest absolute Gasteiger partial charge is 0.344 e. The van der Waals surface area contributed by atoms with Crippen LogP contribution in [0.1, 0.15) is 60.0 Å². The summed E-state index contributed by atoms with van der Waals surface area (Å²) in [4.78, 5) is 6.97. The Labute approximate surface area is 239 Å². The van der Waals surface area contributed by atoms with Gasteiger partial charge in [0.1, 0.15) is 11.6 Å². The number of benzene rings is 2. The number of hydrogen-bond acceptors (Lipinski definition) is 7. The Bertz CT molecular complexity index is 1780. The average Bonchev–Trinajstić information content (AvgIpc) is 3.71. The minimum Gasteiger partial charge on any atom is -0.245 e. The average molecular weight is 655 g/mol. The van der Waals surface area contributed by atoms with Crippen molar-refractivity contribution in [3.63, 3.8) is 0 Å². The van der Waals surface area contributed by atoms with Crippen molar-refractivity contribution in [2.45, 2.75) is 59.1 Å². The molecule has 0 bridgehead atoms. The Morgan fingerprint density at radius 3 is 1.74 bits per heavy atom. The fraction of sp³-hybridized carbons (Fsp3) is 0.333. The Morgan fingerprint density at radius 1 is 0.791 bits per heavy atom. The minimum absolute atomic E-state index is 0.0135. The van der Waals surface area contributed by atoms with Gasteiger partial charge < -0.3 is 0 Å². The lowest BCUT2D eigenvalue weighted by Gasteiger charge is -2.11. The van der Waals surface area contributed by atoms with Gasteiger partial charge in [-0.1, -0.05) is 24.3 Å². The zero-order valence-electron chi connectivity index (χ0n) is 21.2. The Hall–Kier alpha value is -3.74. The van der Waals surface area contributed by atoms with E-state index in [4.69, 9.17) is 0 Å². The normalized spacial score (nSPS) is 21.9. The van der Waals surface area contributed by atoms with Crippen molar-refractivity contribution >= 4 is 20.6 Å². The summed E-state index contributed by atoms with van der Waals surface area (Å²) in [6.07, 6.45) is -3.31. The van der Waals surface area contributed by atoms with E-state index in [1.807, 2.05) is 0 Å². The van der Waals surface area contributed by atoms with E-state index in [1.165, 1.54) is 36.4 Å². The molecule has 0 saturated carbocycles. The topological polar surface area (TPSA) is 113 Å². The van der Waals surface area contributed by atoms with Crippen LogP contribution in [-0.2, 0) is 20.6 Å². The van der Waals surface area contributed by atoms with Gasteiger partial charge in [-0.25, -0.2) is 44.5 Å². The predicted octanol–water partition coefficient (Wildman–Crippen LogP) is 5.17. The van der Waals surface area contributed by atoms with E-state index in [-0.39, 0.29) is 24.5 Å². The van der Waals surface area contributed by atoms with Crippen LogP contribution in [-0.4, -0.2) is 53.7 Å². The molecule has 0 amide bonds. The highest BCUT2D eigenvalue weighted by Crippen LogP contribution is 2.41. The molecule has 0 spiro atoms. The molecular formula is C24H18F8N6O3S2. The van der Waals surface area contributed by atoms with Gasteiger partial charge in [-0.2, -0.15) is 22.5 Å². The van der Waals surface area contributed by atoms with Crippen molar-refractivity contribution in [1.29, 1.82) is 0 Å². The van der Waals surface area contributed by atoms with Crippen LogP contribution in [0, 0.1) is 11.6 Å². The molecule has 0 aliphatic carbocycles. The number of nitrogens with zero attached hydrogens (tertiary/aromatic N) is 6. The van der Waals surface area contributed by atoms with Crippen LogP contribution >= 0.6 is 0 Å². The molecular weight excluding hydrogens is 636 g/mol. The van der Waals surface area contributed by atoms with Crippen molar-refractivity contribution in [2.75, 3.05) is 0 Å². The molecule has 9 nitrogen and oxygen atoms in total. The number of alkyl halides is 6. The van der Waals surface area contributed by atoms with Gasteiger partial charge in [0.25, 0.3) is 15.0 Å². The lowest BCUT2D eigenvalue weighted by atomic mass is 10.0. The summed E-state index contributed by atoms with van der Waals surface area (Å²) in [5.74, 6) is -8.39. The van der Waals surface area contributed by atoms with Crippen LogP contribution in [0.3, 0.4) is 0 Å². The van der Waals surface area contributed by atoms with Gasteiger partial charge in [-0.15, -0.1) is 10.2 Å². The van der Waals surface area contributed by atoms with Gasteiger partial charge in [0.2, 0.25) is 5.16 Å². The van der Waals surface area contributed by atoms with E-state index < -0.39 is 78.5 Å². The first-order chi connectivity index (χ1) is 20.3. The minimum atomic E-state index is -5.01. The van der Waals surface area contributed by atoms with E-state index in [0.29, 0.717) is 11.1 Å². The van der Waals surface area contributed by atoms with Gasteiger partial charge in [0.05, 0.1) is 12.1 Å². The van der Waals surface area contributed by atoms with Crippen LogP contribution in [0.15, 0.2) is 58.8 Å². The number of hydrogen-bond donors (Lipinski definition) is 0.